The highest BCUT2D eigenvalue weighted by atomic mass is 16.2. The van der Waals surface area contributed by atoms with Crippen LogP contribution in [-0.2, 0) is 16.6 Å². The number of para-hydroxylation sites is 1. The summed E-state index contributed by atoms with van der Waals surface area (Å²) in [7, 11) is 2.07. The molecule has 0 fully saturated rings. The fraction of sp³-hybridized carbons (Fsp3) is 0.233. The Bertz CT molecular complexity index is 1620. The number of benzene rings is 2. The summed E-state index contributed by atoms with van der Waals surface area (Å²) in [5.74, 6) is -0.0888. The van der Waals surface area contributed by atoms with E-state index in [1.165, 1.54) is 0 Å². The fourth-order valence-corrected chi connectivity index (χ4v) is 5.71. The Balaban J connectivity index is 1.51. The smallest absolute Gasteiger partial charge is 0.255 e. The Morgan fingerprint density at radius 2 is 1.83 bits per heavy atom. The van der Waals surface area contributed by atoms with E-state index in [4.69, 9.17) is 0 Å². The van der Waals surface area contributed by atoms with Crippen molar-refractivity contribution < 1.29 is 9.59 Å². The molecule has 1 amide bonds. The molecule has 0 bridgehead atoms. The Hall–Kier alpha value is -4.19. The second-order valence-corrected chi connectivity index (χ2v) is 9.79. The Kier molecular flexibility index (Phi) is 5.25. The first-order valence-corrected chi connectivity index (χ1v) is 12.4. The van der Waals surface area contributed by atoms with Crippen LogP contribution in [0.15, 0.2) is 83.3 Å². The number of hydrogen-bond acceptors (Lipinski definition) is 4. The zero-order valence-corrected chi connectivity index (χ0v) is 20.7. The van der Waals surface area contributed by atoms with Crippen LogP contribution in [0, 0.1) is 6.92 Å². The summed E-state index contributed by atoms with van der Waals surface area (Å²) in [6, 6.07) is 18.4. The van der Waals surface area contributed by atoms with E-state index in [0.29, 0.717) is 23.4 Å². The summed E-state index contributed by atoms with van der Waals surface area (Å²) < 4.78 is 2.19. The minimum Gasteiger partial charge on any atom is -0.362 e. The van der Waals surface area contributed by atoms with E-state index in [0.717, 1.165) is 57.2 Å². The van der Waals surface area contributed by atoms with E-state index in [1.54, 1.807) is 12.3 Å². The molecule has 0 unspecified atom stereocenters. The summed E-state index contributed by atoms with van der Waals surface area (Å²) in [5, 5.41) is 8.64. The minimum atomic E-state index is -0.442. The third-order valence-corrected chi connectivity index (χ3v) is 7.44. The number of ketones is 1. The lowest BCUT2D eigenvalue weighted by atomic mass is 9.75. The molecule has 6 heteroatoms. The summed E-state index contributed by atoms with van der Waals surface area (Å²) in [5.41, 5.74) is 7.23. The molecular formula is C30H28N4O2. The Morgan fingerprint density at radius 1 is 1.03 bits per heavy atom. The number of pyridine rings is 1. The van der Waals surface area contributed by atoms with Crippen LogP contribution in [0.4, 0.5) is 5.82 Å². The maximum atomic E-state index is 13.7. The molecule has 2 aromatic carbocycles. The first kappa shape index (κ1) is 22.3. The van der Waals surface area contributed by atoms with Crippen molar-refractivity contribution in [2.24, 2.45) is 7.05 Å². The van der Waals surface area contributed by atoms with Gasteiger partial charge in [-0.3, -0.25) is 9.59 Å². The van der Waals surface area contributed by atoms with Crippen LogP contribution in [0.2, 0.25) is 0 Å². The first-order valence-electron chi connectivity index (χ1n) is 12.4. The molecule has 4 aromatic rings. The standard InChI is InChI=1S/C30H28N4O2/c1-17-11-14-26(31-16-17)33-30(36)27-18(2)32-22-8-6-10-25(35)29(22)28(27)19-12-13-24-21(15-19)20-7-4-5-9-23(20)34(24)3/h4-5,7,9,11-16,28,32H,6,8,10H2,1-3H3,(H,31,33,36)/t28-/m1/s1. The number of allylic oxidation sites excluding steroid dienone is 3. The number of amides is 1. The van der Waals surface area contributed by atoms with Gasteiger partial charge in [-0.05, 0) is 62.1 Å². The molecule has 36 heavy (non-hydrogen) atoms. The van der Waals surface area contributed by atoms with Crippen molar-refractivity contribution in [3.63, 3.8) is 0 Å². The lowest BCUT2D eigenvalue weighted by Crippen LogP contribution is -2.35. The predicted octanol–water partition coefficient (Wildman–Crippen LogP) is 5.64. The molecule has 1 aliphatic carbocycles. The van der Waals surface area contributed by atoms with Crippen LogP contribution >= 0.6 is 0 Å². The van der Waals surface area contributed by atoms with Crippen molar-refractivity contribution in [1.82, 2.24) is 14.9 Å². The van der Waals surface area contributed by atoms with Gasteiger partial charge in [0.05, 0.1) is 0 Å². The van der Waals surface area contributed by atoms with Crippen molar-refractivity contribution in [3.05, 3.63) is 94.5 Å². The molecule has 2 aromatic heterocycles. The Morgan fingerprint density at radius 3 is 2.64 bits per heavy atom. The predicted molar refractivity (Wildman–Crippen MR) is 142 cm³/mol. The number of rotatable bonds is 3. The SMILES string of the molecule is CC1=C(C(=O)Nc2ccc(C)cn2)[C@@H](c2ccc3c(c2)c2ccccc2n3C)C2=C(CCCC2=O)N1. The molecule has 2 N–H and O–H groups in total. The van der Waals surface area contributed by atoms with Crippen LogP contribution in [0.3, 0.4) is 0 Å². The van der Waals surface area contributed by atoms with Gasteiger partial charge in [-0.2, -0.15) is 0 Å². The van der Waals surface area contributed by atoms with Gasteiger partial charge < -0.3 is 15.2 Å². The van der Waals surface area contributed by atoms with E-state index in [1.807, 2.05) is 32.0 Å². The van der Waals surface area contributed by atoms with Crippen molar-refractivity contribution in [2.45, 2.75) is 39.0 Å². The minimum absolute atomic E-state index is 0.109. The summed E-state index contributed by atoms with van der Waals surface area (Å²) in [4.78, 5) is 31.4. The van der Waals surface area contributed by atoms with Gasteiger partial charge in [-0.1, -0.05) is 30.3 Å². The van der Waals surface area contributed by atoms with Crippen molar-refractivity contribution in [1.29, 1.82) is 0 Å². The molecule has 1 aliphatic heterocycles. The number of aryl methyl sites for hydroxylation is 2. The highest BCUT2D eigenvalue weighted by Crippen LogP contribution is 2.43. The van der Waals surface area contributed by atoms with E-state index >= 15 is 0 Å². The average Bonchev–Trinajstić information content (AvgIpc) is 3.16. The van der Waals surface area contributed by atoms with E-state index in [9.17, 15) is 9.59 Å². The Labute approximate surface area is 209 Å². The summed E-state index contributed by atoms with van der Waals surface area (Å²) >= 11 is 0. The summed E-state index contributed by atoms with van der Waals surface area (Å²) in [6.07, 6.45) is 3.86. The molecule has 0 spiro atoms. The quantitative estimate of drug-likeness (QED) is 0.401. The number of dihydropyridines is 1. The lowest BCUT2D eigenvalue weighted by molar-refractivity contribution is -0.116. The zero-order chi connectivity index (χ0) is 25.0. The van der Waals surface area contributed by atoms with Gasteiger partial charge in [-0.15, -0.1) is 0 Å². The van der Waals surface area contributed by atoms with Crippen LogP contribution in [0.5, 0.6) is 0 Å². The fourth-order valence-electron chi connectivity index (χ4n) is 5.71. The van der Waals surface area contributed by atoms with Crippen molar-refractivity contribution in [2.75, 3.05) is 5.32 Å². The number of nitrogens with one attached hydrogen (secondary N) is 2. The number of carbonyl (C=O) groups is 2. The third kappa shape index (κ3) is 3.52. The number of anilines is 1. The molecule has 0 saturated carbocycles. The maximum Gasteiger partial charge on any atom is 0.255 e. The van der Waals surface area contributed by atoms with Crippen LogP contribution in [0.25, 0.3) is 21.8 Å². The zero-order valence-electron chi connectivity index (χ0n) is 20.7. The van der Waals surface area contributed by atoms with Gasteiger partial charge >= 0.3 is 0 Å². The third-order valence-electron chi connectivity index (χ3n) is 7.44. The molecule has 6 rings (SSSR count). The topological polar surface area (TPSA) is 76.0 Å². The molecule has 0 radical (unpaired) electrons. The highest BCUT2D eigenvalue weighted by molar-refractivity contribution is 6.11. The molecular weight excluding hydrogens is 448 g/mol. The second-order valence-electron chi connectivity index (χ2n) is 9.79. The molecule has 2 aliphatic rings. The molecule has 1 atom stereocenters. The second kappa shape index (κ2) is 8.48. The number of fused-ring (bicyclic) bond motifs is 3. The van der Waals surface area contributed by atoms with Crippen LogP contribution in [-0.4, -0.2) is 21.2 Å². The van der Waals surface area contributed by atoms with Gasteiger partial charge in [0, 0.05) is 69.9 Å². The maximum absolute atomic E-state index is 13.7. The largest absolute Gasteiger partial charge is 0.362 e. The molecule has 3 heterocycles. The van der Waals surface area contributed by atoms with Gasteiger partial charge in [0.2, 0.25) is 0 Å². The highest BCUT2D eigenvalue weighted by Gasteiger charge is 2.38. The number of Topliss-reactive ketones (excluding diaryl/α,β-unsaturated/α-hetero) is 1. The van der Waals surface area contributed by atoms with E-state index in [-0.39, 0.29) is 11.7 Å². The van der Waals surface area contributed by atoms with Crippen LogP contribution in [0.1, 0.15) is 43.2 Å². The lowest BCUT2D eigenvalue weighted by Gasteiger charge is -2.34. The van der Waals surface area contributed by atoms with Gasteiger partial charge in [-0.25, -0.2) is 4.98 Å². The normalized spacial score (nSPS) is 18.0. The number of nitrogens with zero attached hydrogens (tertiary/aromatic N) is 2. The molecule has 6 nitrogen and oxygen atoms in total. The average molecular weight is 477 g/mol. The van der Waals surface area contributed by atoms with Gasteiger partial charge in [0.15, 0.2) is 5.78 Å². The molecule has 0 saturated heterocycles. The number of hydrogen-bond donors (Lipinski definition) is 2. The van der Waals surface area contributed by atoms with Gasteiger partial charge in [0.1, 0.15) is 5.82 Å². The van der Waals surface area contributed by atoms with Crippen molar-refractivity contribution in [3.8, 4) is 0 Å². The monoisotopic (exact) mass is 476 g/mol. The number of carbonyl (C=O) groups excluding carboxylic acids is 2. The molecule has 180 valence electrons. The van der Waals surface area contributed by atoms with E-state index in [2.05, 4.69) is 57.6 Å². The summed E-state index contributed by atoms with van der Waals surface area (Å²) in [6.45, 7) is 3.88. The van der Waals surface area contributed by atoms with Crippen LogP contribution < -0.4 is 10.6 Å². The number of aromatic nitrogens is 2. The first-order chi connectivity index (χ1) is 17.4. The van der Waals surface area contributed by atoms with Gasteiger partial charge in [0.25, 0.3) is 5.91 Å². The van der Waals surface area contributed by atoms with E-state index < -0.39 is 5.92 Å². The van der Waals surface area contributed by atoms with Crippen molar-refractivity contribution >= 4 is 39.3 Å².